The molecule has 5 nitrogen and oxygen atoms in total. The highest BCUT2D eigenvalue weighted by Crippen LogP contribution is 2.69. The van der Waals surface area contributed by atoms with Gasteiger partial charge in [0.25, 0.3) is 0 Å². The van der Waals surface area contributed by atoms with E-state index < -0.39 is 5.41 Å². The van der Waals surface area contributed by atoms with Gasteiger partial charge in [-0.15, -0.1) is 11.8 Å². The van der Waals surface area contributed by atoms with Gasteiger partial charge in [-0.1, -0.05) is 54.6 Å². The molecule has 1 saturated carbocycles. The lowest BCUT2D eigenvalue weighted by atomic mass is 9.42. The van der Waals surface area contributed by atoms with E-state index in [4.69, 9.17) is 9.47 Å². The van der Waals surface area contributed by atoms with Crippen LogP contribution in [0.2, 0.25) is 0 Å². The fourth-order valence-electron chi connectivity index (χ4n) is 7.83. The van der Waals surface area contributed by atoms with Crippen LogP contribution in [0, 0.1) is 11.3 Å². The third kappa shape index (κ3) is 3.46. The van der Waals surface area contributed by atoms with E-state index in [1.807, 2.05) is 29.2 Å². The van der Waals surface area contributed by atoms with Gasteiger partial charge in [0.15, 0.2) is 0 Å². The molecule has 3 aliphatic carbocycles. The molecule has 38 heavy (non-hydrogen) atoms. The van der Waals surface area contributed by atoms with E-state index in [1.165, 1.54) is 28.7 Å². The molecule has 1 amide bonds. The van der Waals surface area contributed by atoms with Crippen molar-refractivity contribution in [1.29, 1.82) is 0 Å². The lowest BCUT2D eigenvalue weighted by molar-refractivity contribution is -0.161. The van der Waals surface area contributed by atoms with Gasteiger partial charge in [-0.05, 0) is 54.0 Å². The van der Waals surface area contributed by atoms with Crippen LogP contribution in [0.4, 0.5) is 0 Å². The Labute approximate surface area is 228 Å². The second-order valence-corrected chi connectivity index (χ2v) is 11.6. The number of carbonyl (C=O) groups is 2. The van der Waals surface area contributed by atoms with Gasteiger partial charge in [0.2, 0.25) is 5.91 Å². The Morgan fingerprint density at radius 1 is 1.00 bits per heavy atom. The van der Waals surface area contributed by atoms with Gasteiger partial charge in [-0.25, -0.2) is 0 Å². The van der Waals surface area contributed by atoms with Gasteiger partial charge in [0.1, 0.15) is 5.75 Å². The van der Waals surface area contributed by atoms with Crippen molar-refractivity contribution < 1.29 is 19.1 Å². The summed E-state index contributed by atoms with van der Waals surface area (Å²) in [4.78, 5) is 30.8. The molecule has 196 valence electrons. The Balaban J connectivity index is 1.48. The lowest BCUT2D eigenvalue weighted by Crippen LogP contribution is -2.60. The highest BCUT2D eigenvalue weighted by Gasteiger charge is 2.71. The molecular formula is C32H33NO4S. The molecule has 4 aliphatic rings. The predicted octanol–water partition coefficient (Wildman–Crippen LogP) is 5.45. The van der Waals surface area contributed by atoms with Gasteiger partial charge in [0, 0.05) is 40.8 Å². The number of para-hydroxylation sites is 1. The average Bonchev–Trinajstić information content (AvgIpc) is 3.41. The molecule has 3 aromatic carbocycles. The van der Waals surface area contributed by atoms with Gasteiger partial charge in [-0.3, -0.25) is 9.59 Å². The first kappa shape index (κ1) is 25.1. The molecule has 0 radical (unpaired) electrons. The Morgan fingerprint density at radius 3 is 2.47 bits per heavy atom. The second kappa shape index (κ2) is 9.49. The van der Waals surface area contributed by atoms with Gasteiger partial charge in [0.05, 0.1) is 26.1 Å². The van der Waals surface area contributed by atoms with Gasteiger partial charge >= 0.3 is 5.97 Å². The minimum Gasteiger partial charge on any atom is -0.496 e. The Hall–Kier alpha value is -3.25. The minimum atomic E-state index is -0.782. The summed E-state index contributed by atoms with van der Waals surface area (Å²) in [6, 6.07) is 25.1. The topological polar surface area (TPSA) is 55.8 Å². The number of ether oxygens (including phenoxy) is 2. The fraction of sp³-hybridized carbons (Fsp3) is 0.375. The zero-order chi connectivity index (χ0) is 26.5. The molecule has 1 aliphatic heterocycles. The van der Waals surface area contributed by atoms with E-state index in [-0.39, 0.29) is 35.5 Å². The number of benzene rings is 3. The zero-order valence-electron chi connectivity index (χ0n) is 22.1. The van der Waals surface area contributed by atoms with Gasteiger partial charge < -0.3 is 14.4 Å². The number of fused-ring (bicyclic) bond motifs is 1. The first-order chi connectivity index (χ1) is 18.5. The molecule has 1 saturated heterocycles. The summed E-state index contributed by atoms with van der Waals surface area (Å²) in [6.45, 7) is 0.903. The Bertz CT molecular complexity index is 1390. The van der Waals surface area contributed by atoms with Crippen LogP contribution in [0.3, 0.4) is 0 Å². The van der Waals surface area contributed by atoms with Crippen LogP contribution in [0.5, 0.6) is 5.75 Å². The van der Waals surface area contributed by atoms with E-state index in [0.717, 1.165) is 18.4 Å². The van der Waals surface area contributed by atoms with E-state index in [0.29, 0.717) is 18.8 Å². The Kier molecular flexibility index (Phi) is 6.26. The molecule has 2 fully saturated rings. The predicted molar refractivity (Wildman–Crippen MR) is 149 cm³/mol. The van der Waals surface area contributed by atoms with Crippen molar-refractivity contribution in [2.24, 2.45) is 11.3 Å². The summed E-state index contributed by atoms with van der Waals surface area (Å²) < 4.78 is 11.1. The number of amides is 1. The maximum Gasteiger partial charge on any atom is 0.314 e. The summed E-state index contributed by atoms with van der Waals surface area (Å²) in [6.07, 6.45) is 4.16. The molecule has 0 aromatic heterocycles. The first-order valence-corrected chi connectivity index (χ1v) is 14.4. The zero-order valence-corrected chi connectivity index (χ0v) is 22.9. The normalized spacial score (nSPS) is 27.0. The quantitative estimate of drug-likeness (QED) is 0.315. The van der Waals surface area contributed by atoms with Crippen LogP contribution >= 0.6 is 11.8 Å². The summed E-state index contributed by atoms with van der Waals surface area (Å²) in [5.74, 6) is 0.478. The lowest BCUT2D eigenvalue weighted by Gasteiger charge is -2.59. The van der Waals surface area contributed by atoms with Crippen LogP contribution in [0.15, 0.2) is 77.7 Å². The number of carbonyl (C=O) groups excluding carboxylic acids is 2. The maximum absolute atomic E-state index is 13.9. The third-order valence-electron chi connectivity index (χ3n) is 9.40. The smallest absolute Gasteiger partial charge is 0.314 e. The summed E-state index contributed by atoms with van der Waals surface area (Å²) >= 11 is 1.72. The molecule has 1 heterocycles. The van der Waals surface area contributed by atoms with Crippen molar-refractivity contribution in [2.75, 3.05) is 33.6 Å². The van der Waals surface area contributed by atoms with Gasteiger partial charge in [-0.2, -0.15) is 0 Å². The van der Waals surface area contributed by atoms with Crippen molar-refractivity contribution in [2.45, 2.75) is 35.5 Å². The highest BCUT2D eigenvalue weighted by molar-refractivity contribution is 7.98. The molecule has 2 bridgehead atoms. The molecule has 4 unspecified atom stereocenters. The van der Waals surface area contributed by atoms with E-state index in [2.05, 4.69) is 54.8 Å². The fourth-order valence-corrected chi connectivity index (χ4v) is 8.24. The number of rotatable bonds is 6. The summed E-state index contributed by atoms with van der Waals surface area (Å²) in [5.41, 5.74) is 3.46. The first-order valence-electron chi connectivity index (χ1n) is 13.2. The third-order valence-corrected chi connectivity index (χ3v) is 10.1. The number of hydrogen-bond acceptors (Lipinski definition) is 5. The minimum absolute atomic E-state index is 0.0171. The number of thioether (sulfide) groups is 1. The SMILES string of the molecule is COC(=O)C12CN(C(=O)Cc3ccccc3OC)CC1C1(c3ccc(SC)cc3)CCC2c2ccccc21. The number of esters is 1. The monoisotopic (exact) mass is 527 g/mol. The highest BCUT2D eigenvalue weighted by atomic mass is 32.2. The molecule has 0 spiro atoms. The van der Waals surface area contributed by atoms with Crippen molar-refractivity contribution in [3.05, 3.63) is 95.1 Å². The molecule has 4 atom stereocenters. The van der Waals surface area contributed by atoms with Crippen molar-refractivity contribution >= 4 is 23.6 Å². The number of hydrogen-bond donors (Lipinski definition) is 0. The van der Waals surface area contributed by atoms with E-state index >= 15 is 0 Å². The number of nitrogens with zero attached hydrogens (tertiary/aromatic N) is 1. The maximum atomic E-state index is 13.9. The van der Waals surface area contributed by atoms with Crippen LogP contribution < -0.4 is 4.74 Å². The second-order valence-electron chi connectivity index (χ2n) is 10.7. The van der Waals surface area contributed by atoms with Crippen molar-refractivity contribution in [3.8, 4) is 5.75 Å². The molecule has 0 N–H and O–H groups in total. The average molecular weight is 528 g/mol. The largest absolute Gasteiger partial charge is 0.496 e. The van der Waals surface area contributed by atoms with Crippen molar-refractivity contribution in [3.63, 3.8) is 0 Å². The molecule has 3 aromatic rings. The van der Waals surface area contributed by atoms with Crippen LogP contribution in [0.1, 0.15) is 41.0 Å². The number of likely N-dealkylation sites (tertiary alicyclic amines) is 1. The van der Waals surface area contributed by atoms with Crippen LogP contribution in [-0.2, 0) is 26.2 Å². The Morgan fingerprint density at radius 2 is 1.74 bits per heavy atom. The van der Waals surface area contributed by atoms with Crippen LogP contribution in [0.25, 0.3) is 0 Å². The summed E-state index contributed by atoms with van der Waals surface area (Å²) in [7, 11) is 3.11. The summed E-state index contributed by atoms with van der Waals surface area (Å²) in [5, 5.41) is 0. The molecule has 6 heteroatoms. The van der Waals surface area contributed by atoms with Crippen molar-refractivity contribution in [1.82, 2.24) is 4.90 Å². The number of methoxy groups -OCH3 is 2. The standard InChI is InChI=1S/C32H33NO4S/c1-36-27-11-7-4-8-21(27)18-29(34)33-19-28-31(22-12-14-23(38-3)15-13-22)17-16-26(24-9-5-6-10-25(24)31)32(28,20-33)30(35)37-2/h4-15,26,28H,16-20H2,1-3H3. The van der Waals surface area contributed by atoms with E-state index in [9.17, 15) is 9.59 Å². The van der Waals surface area contributed by atoms with E-state index in [1.54, 1.807) is 18.9 Å². The molecular weight excluding hydrogens is 494 g/mol. The molecule has 7 rings (SSSR count). The van der Waals surface area contributed by atoms with Crippen LogP contribution in [-0.4, -0.2) is 50.3 Å².